The van der Waals surface area contributed by atoms with Crippen molar-refractivity contribution in [2.75, 3.05) is 5.32 Å². The molecule has 0 aromatic heterocycles. The van der Waals surface area contributed by atoms with Crippen LogP contribution < -0.4 is 16.4 Å². The molecule has 0 bridgehead atoms. The van der Waals surface area contributed by atoms with E-state index in [2.05, 4.69) is 10.6 Å². The van der Waals surface area contributed by atoms with E-state index in [1.165, 1.54) is 0 Å². The van der Waals surface area contributed by atoms with E-state index in [-0.39, 0.29) is 17.7 Å². The van der Waals surface area contributed by atoms with E-state index in [0.717, 1.165) is 69.0 Å². The molecule has 4 N–H and O–H groups in total. The van der Waals surface area contributed by atoms with Crippen LogP contribution in [0.3, 0.4) is 0 Å². The molecule has 0 atom stereocenters. The standard InChI is InChI=1S/C20H29N3O2/c21-20(11-4-1-5-12-20)19(25)22-14-15-7-6-10-17(13-15)23-18(24)16-8-2-3-9-16/h6-7,10,13,16H,1-5,8-9,11-12,14,21H2,(H,22,25)(H,23,24). The summed E-state index contributed by atoms with van der Waals surface area (Å²) in [5, 5.41) is 5.97. The van der Waals surface area contributed by atoms with Gasteiger partial charge in [-0.25, -0.2) is 0 Å². The van der Waals surface area contributed by atoms with Gasteiger partial charge in [0.2, 0.25) is 11.8 Å². The molecule has 2 fully saturated rings. The van der Waals surface area contributed by atoms with Crippen molar-refractivity contribution in [3.8, 4) is 0 Å². The van der Waals surface area contributed by atoms with Crippen LogP contribution in [0.2, 0.25) is 0 Å². The van der Waals surface area contributed by atoms with Crippen LogP contribution in [-0.2, 0) is 16.1 Å². The van der Waals surface area contributed by atoms with Gasteiger partial charge < -0.3 is 16.4 Å². The SMILES string of the molecule is NC1(C(=O)NCc2cccc(NC(=O)C3CCCC3)c2)CCCCC1. The highest BCUT2D eigenvalue weighted by Gasteiger charge is 2.34. The minimum absolute atomic E-state index is 0.0624. The van der Waals surface area contributed by atoms with E-state index in [1.54, 1.807) is 0 Å². The number of carbonyl (C=O) groups excluding carboxylic acids is 2. The molecule has 2 aliphatic carbocycles. The second-order valence-electron chi connectivity index (χ2n) is 7.57. The second-order valence-corrected chi connectivity index (χ2v) is 7.57. The summed E-state index contributed by atoms with van der Waals surface area (Å²) in [5.41, 5.74) is 7.31. The quantitative estimate of drug-likeness (QED) is 0.768. The number of nitrogens with one attached hydrogen (secondary N) is 2. The maximum Gasteiger partial charge on any atom is 0.240 e. The molecule has 0 aliphatic heterocycles. The molecule has 0 radical (unpaired) electrons. The summed E-state index contributed by atoms with van der Waals surface area (Å²) in [6, 6.07) is 7.68. The Morgan fingerprint density at radius 3 is 2.52 bits per heavy atom. The monoisotopic (exact) mass is 343 g/mol. The lowest BCUT2D eigenvalue weighted by Gasteiger charge is -2.31. The van der Waals surface area contributed by atoms with Gasteiger partial charge in [0.05, 0.1) is 5.54 Å². The smallest absolute Gasteiger partial charge is 0.240 e. The number of nitrogens with two attached hydrogens (primary N) is 1. The third kappa shape index (κ3) is 4.60. The summed E-state index contributed by atoms with van der Waals surface area (Å²) < 4.78 is 0. The highest BCUT2D eigenvalue weighted by molar-refractivity contribution is 5.92. The Kier molecular flexibility index (Phi) is 5.74. The first-order valence-electron chi connectivity index (χ1n) is 9.54. The highest BCUT2D eigenvalue weighted by Crippen LogP contribution is 2.27. The van der Waals surface area contributed by atoms with Gasteiger partial charge in [-0.05, 0) is 43.4 Å². The average Bonchev–Trinajstić information content (AvgIpc) is 3.15. The Labute approximate surface area is 149 Å². The van der Waals surface area contributed by atoms with Crippen LogP contribution in [-0.4, -0.2) is 17.4 Å². The maximum atomic E-state index is 12.4. The van der Waals surface area contributed by atoms with Gasteiger partial charge in [-0.2, -0.15) is 0 Å². The van der Waals surface area contributed by atoms with Crippen LogP contribution in [0.1, 0.15) is 63.4 Å². The van der Waals surface area contributed by atoms with Gasteiger partial charge in [0.15, 0.2) is 0 Å². The average molecular weight is 343 g/mol. The minimum atomic E-state index is -0.716. The lowest BCUT2D eigenvalue weighted by atomic mass is 9.82. The lowest BCUT2D eigenvalue weighted by molar-refractivity contribution is -0.127. The fourth-order valence-corrected chi connectivity index (χ4v) is 3.96. The van der Waals surface area contributed by atoms with E-state index in [1.807, 2.05) is 24.3 Å². The summed E-state index contributed by atoms with van der Waals surface area (Å²) >= 11 is 0. The van der Waals surface area contributed by atoms with Crippen molar-refractivity contribution in [2.45, 2.75) is 69.9 Å². The second kappa shape index (κ2) is 8.00. The summed E-state index contributed by atoms with van der Waals surface area (Å²) in [5.74, 6) is 0.196. The largest absolute Gasteiger partial charge is 0.350 e. The van der Waals surface area contributed by atoms with Crippen molar-refractivity contribution in [1.29, 1.82) is 0 Å². The Hall–Kier alpha value is -1.88. The first-order valence-corrected chi connectivity index (χ1v) is 9.54. The van der Waals surface area contributed by atoms with E-state index < -0.39 is 5.54 Å². The van der Waals surface area contributed by atoms with Gasteiger partial charge in [-0.1, -0.05) is 44.2 Å². The Morgan fingerprint density at radius 2 is 1.80 bits per heavy atom. The predicted octanol–water partition coefficient (Wildman–Crippen LogP) is 3.09. The van der Waals surface area contributed by atoms with Crippen molar-refractivity contribution in [3.05, 3.63) is 29.8 Å². The molecule has 5 nitrogen and oxygen atoms in total. The highest BCUT2D eigenvalue weighted by atomic mass is 16.2. The van der Waals surface area contributed by atoms with Crippen molar-refractivity contribution in [1.82, 2.24) is 5.32 Å². The molecule has 2 aliphatic rings. The molecule has 136 valence electrons. The molecule has 3 rings (SSSR count). The number of anilines is 1. The van der Waals surface area contributed by atoms with Gasteiger partial charge in [0, 0.05) is 18.2 Å². The van der Waals surface area contributed by atoms with Crippen LogP contribution in [0.4, 0.5) is 5.69 Å². The topological polar surface area (TPSA) is 84.2 Å². The van der Waals surface area contributed by atoms with E-state index in [4.69, 9.17) is 5.73 Å². The fraction of sp³-hybridized carbons (Fsp3) is 0.600. The van der Waals surface area contributed by atoms with Gasteiger partial charge in [0.1, 0.15) is 0 Å². The number of hydrogen-bond donors (Lipinski definition) is 3. The normalized spacial score (nSPS) is 20.2. The van der Waals surface area contributed by atoms with Gasteiger partial charge >= 0.3 is 0 Å². The van der Waals surface area contributed by atoms with E-state index >= 15 is 0 Å². The number of benzene rings is 1. The first kappa shape index (κ1) is 17.9. The Morgan fingerprint density at radius 1 is 1.08 bits per heavy atom. The van der Waals surface area contributed by atoms with Crippen LogP contribution >= 0.6 is 0 Å². The minimum Gasteiger partial charge on any atom is -0.350 e. The van der Waals surface area contributed by atoms with E-state index in [9.17, 15) is 9.59 Å². The van der Waals surface area contributed by atoms with Crippen LogP contribution in [0.25, 0.3) is 0 Å². The number of carbonyl (C=O) groups is 2. The molecule has 0 heterocycles. The molecule has 0 saturated heterocycles. The lowest BCUT2D eigenvalue weighted by Crippen LogP contribution is -2.54. The van der Waals surface area contributed by atoms with Crippen LogP contribution in [0.5, 0.6) is 0 Å². The molecule has 1 aromatic carbocycles. The third-order valence-corrected chi connectivity index (χ3v) is 5.57. The zero-order chi connectivity index (χ0) is 17.7. The van der Waals surface area contributed by atoms with Gasteiger partial charge in [-0.15, -0.1) is 0 Å². The van der Waals surface area contributed by atoms with Crippen LogP contribution in [0.15, 0.2) is 24.3 Å². The molecular formula is C20H29N3O2. The fourth-order valence-electron chi connectivity index (χ4n) is 3.96. The van der Waals surface area contributed by atoms with Gasteiger partial charge in [-0.3, -0.25) is 9.59 Å². The molecule has 2 saturated carbocycles. The van der Waals surface area contributed by atoms with E-state index in [0.29, 0.717) is 6.54 Å². The van der Waals surface area contributed by atoms with Crippen molar-refractivity contribution in [3.63, 3.8) is 0 Å². The van der Waals surface area contributed by atoms with Crippen molar-refractivity contribution >= 4 is 17.5 Å². The number of amides is 2. The van der Waals surface area contributed by atoms with Gasteiger partial charge in [0.25, 0.3) is 0 Å². The number of hydrogen-bond acceptors (Lipinski definition) is 3. The molecule has 25 heavy (non-hydrogen) atoms. The summed E-state index contributed by atoms with van der Waals surface area (Å²) in [4.78, 5) is 24.7. The molecule has 2 amide bonds. The molecule has 1 aromatic rings. The molecular weight excluding hydrogens is 314 g/mol. The summed E-state index contributed by atoms with van der Waals surface area (Å²) in [6.45, 7) is 0.435. The summed E-state index contributed by atoms with van der Waals surface area (Å²) in [6.07, 6.45) is 8.98. The Bertz CT molecular complexity index is 617. The van der Waals surface area contributed by atoms with Crippen molar-refractivity contribution in [2.24, 2.45) is 11.7 Å². The zero-order valence-electron chi connectivity index (χ0n) is 14.9. The Balaban J connectivity index is 1.54. The summed E-state index contributed by atoms with van der Waals surface area (Å²) in [7, 11) is 0. The predicted molar refractivity (Wildman–Crippen MR) is 98.9 cm³/mol. The molecule has 0 spiro atoms. The first-order chi connectivity index (χ1) is 12.1. The molecule has 5 heteroatoms. The maximum absolute atomic E-state index is 12.4. The molecule has 0 unspecified atom stereocenters. The zero-order valence-corrected chi connectivity index (χ0v) is 14.9. The number of rotatable bonds is 5. The third-order valence-electron chi connectivity index (χ3n) is 5.57. The van der Waals surface area contributed by atoms with Crippen molar-refractivity contribution < 1.29 is 9.59 Å². The van der Waals surface area contributed by atoms with Crippen LogP contribution in [0, 0.1) is 5.92 Å².